The van der Waals surface area contributed by atoms with Gasteiger partial charge in [0.15, 0.2) is 0 Å². The summed E-state index contributed by atoms with van der Waals surface area (Å²) >= 11 is 0. The molecule has 1 N–H and O–H groups in total. The molecule has 2 heteroatoms. The van der Waals surface area contributed by atoms with Gasteiger partial charge in [-0.3, -0.25) is 0 Å². The third kappa shape index (κ3) is 2.15. The minimum atomic E-state index is 0.962. The van der Waals surface area contributed by atoms with Crippen LogP contribution < -0.4 is 10.1 Å². The summed E-state index contributed by atoms with van der Waals surface area (Å²) in [7, 11) is 1.73. The molecular formula is C18H21NO. The Kier molecular flexibility index (Phi) is 3.39. The Morgan fingerprint density at radius 2 is 1.90 bits per heavy atom. The Morgan fingerprint density at radius 3 is 2.70 bits per heavy atom. The molecule has 0 bridgehead atoms. The third-order valence-electron chi connectivity index (χ3n) is 4.11. The van der Waals surface area contributed by atoms with Gasteiger partial charge in [-0.2, -0.15) is 0 Å². The van der Waals surface area contributed by atoms with Gasteiger partial charge in [-0.25, -0.2) is 0 Å². The Bertz CT molecular complexity index is 646. The van der Waals surface area contributed by atoms with Crippen LogP contribution in [0.2, 0.25) is 0 Å². The molecule has 104 valence electrons. The molecule has 1 aliphatic rings. The minimum Gasteiger partial charge on any atom is -0.496 e. The predicted octanol–water partition coefficient (Wildman–Crippen LogP) is 4.34. The van der Waals surface area contributed by atoms with Crippen molar-refractivity contribution < 1.29 is 4.74 Å². The molecule has 1 heterocycles. The van der Waals surface area contributed by atoms with Crippen LogP contribution in [-0.4, -0.2) is 13.7 Å². The molecule has 20 heavy (non-hydrogen) atoms. The number of hydrogen-bond donors (Lipinski definition) is 1. The summed E-state index contributed by atoms with van der Waals surface area (Å²) in [4.78, 5) is 0. The number of hydrogen-bond acceptors (Lipinski definition) is 2. The van der Waals surface area contributed by atoms with Crippen LogP contribution in [0.5, 0.6) is 5.75 Å². The zero-order valence-electron chi connectivity index (χ0n) is 12.4. The number of ether oxygens (including phenoxy) is 1. The monoisotopic (exact) mass is 267 g/mol. The Balaban J connectivity index is 2.16. The summed E-state index contributed by atoms with van der Waals surface area (Å²) in [6, 6.07) is 11.0. The van der Waals surface area contributed by atoms with E-state index in [1.54, 1.807) is 7.11 Å². The molecular weight excluding hydrogens is 246 g/mol. The lowest BCUT2D eigenvalue weighted by Crippen LogP contribution is -2.12. The van der Waals surface area contributed by atoms with Crippen molar-refractivity contribution in [1.29, 1.82) is 0 Å². The number of methoxy groups -OCH3 is 1. The Morgan fingerprint density at radius 1 is 1.05 bits per heavy atom. The van der Waals surface area contributed by atoms with Crippen molar-refractivity contribution in [1.82, 2.24) is 0 Å². The highest BCUT2D eigenvalue weighted by Crippen LogP contribution is 2.37. The summed E-state index contributed by atoms with van der Waals surface area (Å²) in [5, 5.41) is 3.57. The first kappa shape index (κ1) is 13.0. The van der Waals surface area contributed by atoms with Crippen LogP contribution in [0.1, 0.15) is 23.1 Å². The second kappa shape index (κ2) is 5.20. The zero-order valence-corrected chi connectivity index (χ0v) is 12.4. The van der Waals surface area contributed by atoms with E-state index in [-0.39, 0.29) is 0 Å². The van der Waals surface area contributed by atoms with Crippen molar-refractivity contribution in [3.8, 4) is 16.9 Å². The van der Waals surface area contributed by atoms with Gasteiger partial charge in [-0.05, 0) is 61.1 Å². The third-order valence-corrected chi connectivity index (χ3v) is 4.11. The smallest absolute Gasteiger partial charge is 0.122 e. The van der Waals surface area contributed by atoms with Gasteiger partial charge in [-0.15, -0.1) is 0 Å². The fourth-order valence-corrected chi connectivity index (χ4v) is 3.03. The van der Waals surface area contributed by atoms with E-state index in [0.29, 0.717) is 0 Å². The quantitative estimate of drug-likeness (QED) is 0.874. The van der Waals surface area contributed by atoms with Crippen LogP contribution in [0, 0.1) is 13.8 Å². The lowest BCUT2D eigenvalue weighted by Gasteiger charge is -2.22. The first-order chi connectivity index (χ1) is 9.70. The lowest BCUT2D eigenvalue weighted by atomic mass is 9.92. The number of aryl methyl sites for hydroxylation is 3. The van der Waals surface area contributed by atoms with E-state index in [9.17, 15) is 0 Å². The highest BCUT2D eigenvalue weighted by atomic mass is 16.5. The minimum absolute atomic E-state index is 0.962. The van der Waals surface area contributed by atoms with Crippen molar-refractivity contribution >= 4 is 5.69 Å². The first-order valence-corrected chi connectivity index (χ1v) is 7.22. The predicted molar refractivity (Wildman–Crippen MR) is 84.7 cm³/mol. The first-order valence-electron chi connectivity index (χ1n) is 7.22. The maximum absolute atomic E-state index is 5.41. The molecule has 2 aromatic rings. The lowest BCUT2D eigenvalue weighted by molar-refractivity contribution is 0.411. The molecule has 0 aromatic heterocycles. The highest BCUT2D eigenvalue weighted by molar-refractivity contribution is 5.83. The van der Waals surface area contributed by atoms with Crippen LogP contribution in [0.15, 0.2) is 30.3 Å². The van der Waals surface area contributed by atoms with Crippen LogP contribution in [0.4, 0.5) is 5.69 Å². The van der Waals surface area contributed by atoms with Gasteiger partial charge in [0, 0.05) is 17.8 Å². The van der Waals surface area contributed by atoms with Gasteiger partial charge in [0.1, 0.15) is 5.75 Å². The van der Waals surface area contributed by atoms with Gasteiger partial charge < -0.3 is 10.1 Å². The molecule has 0 unspecified atom stereocenters. The normalized spacial score (nSPS) is 13.6. The summed E-state index contributed by atoms with van der Waals surface area (Å²) < 4.78 is 5.41. The standard InChI is InChI=1S/C18H21NO/c1-12-11-17(20-3)13(2)10-16(12)15-8-4-6-14-7-5-9-19-18(14)15/h4,6,8,10-11,19H,5,7,9H2,1-3H3. The summed E-state index contributed by atoms with van der Waals surface area (Å²) in [6.07, 6.45) is 2.39. The SMILES string of the molecule is COc1cc(C)c(-c2cccc3c2NCCC3)cc1C. The molecule has 0 amide bonds. The van der Waals surface area contributed by atoms with Gasteiger partial charge in [-0.1, -0.05) is 18.2 Å². The molecule has 0 saturated carbocycles. The van der Waals surface area contributed by atoms with Gasteiger partial charge >= 0.3 is 0 Å². The molecule has 0 saturated heterocycles. The van der Waals surface area contributed by atoms with Crippen LogP contribution >= 0.6 is 0 Å². The van der Waals surface area contributed by atoms with Crippen LogP contribution in [-0.2, 0) is 6.42 Å². The van der Waals surface area contributed by atoms with Crippen molar-refractivity contribution in [3.05, 3.63) is 47.0 Å². The maximum Gasteiger partial charge on any atom is 0.122 e. The van der Waals surface area contributed by atoms with Crippen molar-refractivity contribution in [2.75, 3.05) is 19.0 Å². The van der Waals surface area contributed by atoms with Gasteiger partial charge in [0.25, 0.3) is 0 Å². The molecule has 2 aromatic carbocycles. The van der Waals surface area contributed by atoms with E-state index in [2.05, 4.69) is 49.5 Å². The molecule has 1 aliphatic heterocycles. The van der Waals surface area contributed by atoms with E-state index in [1.807, 2.05) is 0 Å². The second-order valence-corrected chi connectivity index (χ2v) is 5.51. The summed E-state index contributed by atoms with van der Waals surface area (Å²) in [5.74, 6) is 0.962. The molecule has 0 radical (unpaired) electrons. The summed E-state index contributed by atoms with van der Waals surface area (Å²) in [5.41, 5.74) is 7.79. The van der Waals surface area contributed by atoms with E-state index < -0.39 is 0 Å². The zero-order chi connectivity index (χ0) is 14.1. The van der Waals surface area contributed by atoms with Crippen LogP contribution in [0.25, 0.3) is 11.1 Å². The van der Waals surface area contributed by atoms with Crippen molar-refractivity contribution in [2.24, 2.45) is 0 Å². The van der Waals surface area contributed by atoms with E-state index in [4.69, 9.17) is 4.74 Å². The maximum atomic E-state index is 5.41. The fraction of sp³-hybridized carbons (Fsp3) is 0.333. The average Bonchev–Trinajstić information content (AvgIpc) is 2.48. The topological polar surface area (TPSA) is 21.3 Å². The Hall–Kier alpha value is -1.96. The fourth-order valence-electron chi connectivity index (χ4n) is 3.03. The molecule has 0 aliphatic carbocycles. The number of anilines is 1. The van der Waals surface area contributed by atoms with E-state index in [1.165, 1.54) is 46.3 Å². The number of rotatable bonds is 2. The second-order valence-electron chi connectivity index (χ2n) is 5.51. The van der Waals surface area contributed by atoms with Gasteiger partial charge in [0.05, 0.1) is 7.11 Å². The van der Waals surface area contributed by atoms with E-state index in [0.717, 1.165) is 12.3 Å². The molecule has 2 nitrogen and oxygen atoms in total. The number of benzene rings is 2. The largest absolute Gasteiger partial charge is 0.496 e. The molecule has 0 atom stereocenters. The molecule has 0 fully saturated rings. The number of nitrogens with one attached hydrogen (secondary N) is 1. The Labute approximate surface area is 120 Å². The van der Waals surface area contributed by atoms with Crippen LogP contribution in [0.3, 0.4) is 0 Å². The molecule has 3 rings (SSSR count). The number of fused-ring (bicyclic) bond motifs is 1. The van der Waals surface area contributed by atoms with Gasteiger partial charge in [0.2, 0.25) is 0 Å². The molecule has 0 spiro atoms. The van der Waals surface area contributed by atoms with Crippen molar-refractivity contribution in [3.63, 3.8) is 0 Å². The number of para-hydroxylation sites is 1. The van der Waals surface area contributed by atoms with Crippen molar-refractivity contribution in [2.45, 2.75) is 26.7 Å². The van der Waals surface area contributed by atoms with E-state index >= 15 is 0 Å². The summed E-state index contributed by atoms with van der Waals surface area (Å²) in [6.45, 7) is 5.32. The highest BCUT2D eigenvalue weighted by Gasteiger charge is 2.15. The average molecular weight is 267 g/mol.